The van der Waals surface area contributed by atoms with Crippen LogP contribution >= 0.6 is 0 Å². The molecule has 2 N–H and O–H groups in total. The van der Waals surface area contributed by atoms with Crippen LogP contribution in [0.2, 0.25) is 0 Å². The summed E-state index contributed by atoms with van der Waals surface area (Å²) in [5.74, 6) is 2.24. The van der Waals surface area contributed by atoms with Gasteiger partial charge in [-0.3, -0.25) is 4.79 Å². The van der Waals surface area contributed by atoms with Crippen LogP contribution in [-0.4, -0.2) is 70.1 Å². The first kappa shape index (κ1) is 20.4. The Balaban J connectivity index is 1.28. The van der Waals surface area contributed by atoms with Crippen molar-refractivity contribution >= 4 is 34.4 Å². The molecule has 1 aliphatic carbocycles. The van der Waals surface area contributed by atoms with E-state index in [0.717, 1.165) is 49.3 Å². The molecule has 2 atom stereocenters. The molecule has 33 heavy (non-hydrogen) atoms. The van der Waals surface area contributed by atoms with Crippen molar-refractivity contribution in [3.63, 3.8) is 0 Å². The van der Waals surface area contributed by atoms with Gasteiger partial charge in [-0.1, -0.05) is 13.8 Å². The molecule has 9 nitrogen and oxygen atoms in total. The van der Waals surface area contributed by atoms with E-state index in [2.05, 4.69) is 61.9 Å². The third-order valence-electron chi connectivity index (χ3n) is 7.54. The zero-order valence-electron chi connectivity index (χ0n) is 19.4. The first-order valence-corrected chi connectivity index (χ1v) is 11.8. The van der Waals surface area contributed by atoms with Gasteiger partial charge in [0, 0.05) is 44.3 Å². The smallest absolute Gasteiger partial charge is 0.268 e. The summed E-state index contributed by atoms with van der Waals surface area (Å²) < 4.78 is 2.17. The lowest BCUT2D eigenvalue weighted by atomic mass is 10.0. The molecule has 3 aliphatic rings. The molecule has 6 rings (SSSR count). The van der Waals surface area contributed by atoms with Gasteiger partial charge in [0.2, 0.25) is 5.95 Å². The van der Waals surface area contributed by atoms with Gasteiger partial charge in [-0.05, 0) is 43.5 Å². The van der Waals surface area contributed by atoms with Crippen LogP contribution in [0.5, 0.6) is 0 Å². The zero-order valence-corrected chi connectivity index (χ0v) is 19.4. The van der Waals surface area contributed by atoms with Gasteiger partial charge in [-0.2, -0.15) is 4.98 Å². The average molecular weight is 447 g/mol. The SMILES string of the molecule is CC(C)[C@H]1C[C@@]12CNC(=O)c1cc3cnc(Nc4ccc(N5CCN(C)CC5)cn4)nc3n12. The molecule has 9 heteroatoms. The molecule has 3 aromatic heterocycles. The van der Waals surface area contributed by atoms with E-state index in [9.17, 15) is 4.79 Å². The fourth-order valence-electron chi connectivity index (χ4n) is 5.53. The van der Waals surface area contributed by atoms with E-state index in [0.29, 0.717) is 35.8 Å². The second kappa shape index (κ2) is 7.41. The van der Waals surface area contributed by atoms with Gasteiger partial charge in [0.05, 0.1) is 17.4 Å². The highest BCUT2D eigenvalue weighted by Crippen LogP contribution is 2.56. The van der Waals surface area contributed by atoms with Crippen molar-refractivity contribution in [2.75, 3.05) is 50.0 Å². The highest BCUT2D eigenvalue weighted by Gasteiger charge is 2.60. The summed E-state index contributed by atoms with van der Waals surface area (Å²) in [5, 5.41) is 7.22. The Kier molecular flexibility index (Phi) is 4.58. The Morgan fingerprint density at radius 2 is 1.97 bits per heavy atom. The van der Waals surface area contributed by atoms with Crippen molar-refractivity contribution in [2.45, 2.75) is 25.8 Å². The van der Waals surface area contributed by atoms with Crippen molar-refractivity contribution in [1.82, 2.24) is 29.7 Å². The fourth-order valence-corrected chi connectivity index (χ4v) is 5.53. The third kappa shape index (κ3) is 3.33. The minimum atomic E-state index is -0.0762. The summed E-state index contributed by atoms with van der Waals surface area (Å²) in [6.45, 7) is 9.31. The van der Waals surface area contributed by atoms with Crippen LogP contribution < -0.4 is 15.5 Å². The van der Waals surface area contributed by atoms with Crippen LogP contribution in [0.4, 0.5) is 17.5 Å². The number of rotatable bonds is 4. The molecule has 172 valence electrons. The van der Waals surface area contributed by atoms with E-state index in [1.165, 1.54) is 0 Å². The van der Waals surface area contributed by atoms with Gasteiger partial charge in [0.15, 0.2) is 0 Å². The average Bonchev–Trinajstić information content (AvgIpc) is 3.41. The minimum Gasteiger partial charge on any atom is -0.368 e. The van der Waals surface area contributed by atoms with Crippen LogP contribution in [0, 0.1) is 11.8 Å². The second-order valence-corrected chi connectivity index (χ2v) is 10.00. The number of piperazine rings is 1. The summed E-state index contributed by atoms with van der Waals surface area (Å²) in [7, 11) is 2.15. The van der Waals surface area contributed by atoms with Crippen molar-refractivity contribution in [1.29, 1.82) is 0 Å². The number of nitrogens with zero attached hydrogens (tertiary/aromatic N) is 6. The maximum atomic E-state index is 12.6. The fraction of sp³-hybridized carbons (Fsp3) is 0.500. The molecule has 2 aliphatic heterocycles. The zero-order chi connectivity index (χ0) is 22.7. The summed E-state index contributed by atoms with van der Waals surface area (Å²) in [5.41, 5.74) is 2.55. The Morgan fingerprint density at radius 1 is 1.15 bits per heavy atom. The van der Waals surface area contributed by atoms with E-state index in [1.54, 1.807) is 6.20 Å². The number of anilines is 3. The van der Waals surface area contributed by atoms with Crippen molar-refractivity contribution in [3.8, 4) is 0 Å². The molecule has 2 fully saturated rings. The topological polar surface area (TPSA) is 91.2 Å². The number of carbonyl (C=O) groups is 1. The number of nitrogens with one attached hydrogen (secondary N) is 2. The monoisotopic (exact) mass is 446 g/mol. The van der Waals surface area contributed by atoms with Gasteiger partial charge in [0.1, 0.15) is 17.2 Å². The van der Waals surface area contributed by atoms with Gasteiger partial charge in [-0.15, -0.1) is 0 Å². The normalized spacial score (nSPS) is 24.9. The predicted octanol–water partition coefficient (Wildman–Crippen LogP) is 2.44. The van der Waals surface area contributed by atoms with E-state index in [4.69, 9.17) is 4.98 Å². The third-order valence-corrected chi connectivity index (χ3v) is 7.54. The Hall–Kier alpha value is -3.20. The molecule has 1 saturated heterocycles. The molecule has 0 unspecified atom stereocenters. The standard InChI is InChI=1S/C24H30N8O/c1-15(2)18-11-24(18)14-27-22(33)19-10-16-12-26-23(29-21(16)32(19)24)28-20-5-4-17(13-25-20)31-8-6-30(3)7-9-31/h4-5,10,12-13,15,18H,6-9,11,14H2,1-3H3,(H,27,33)(H,25,26,28,29)/t18-,24-/m1/s1. The number of fused-ring (bicyclic) bond motifs is 4. The molecule has 0 radical (unpaired) electrons. The van der Waals surface area contributed by atoms with Crippen molar-refractivity contribution in [2.24, 2.45) is 11.8 Å². The van der Waals surface area contributed by atoms with E-state index in [1.807, 2.05) is 18.3 Å². The van der Waals surface area contributed by atoms with Crippen LogP contribution in [0.25, 0.3) is 11.0 Å². The van der Waals surface area contributed by atoms with Gasteiger partial charge in [-0.25, -0.2) is 9.97 Å². The largest absolute Gasteiger partial charge is 0.368 e. The van der Waals surface area contributed by atoms with Crippen LogP contribution in [0.3, 0.4) is 0 Å². The molecule has 0 bridgehead atoms. The maximum Gasteiger partial charge on any atom is 0.268 e. The summed E-state index contributed by atoms with van der Waals surface area (Å²) >= 11 is 0. The Bertz CT molecular complexity index is 1210. The number of hydrogen-bond acceptors (Lipinski definition) is 7. The van der Waals surface area contributed by atoms with E-state index in [-0.39, 0.29) is 11.4 Å². The van der Waals surface area contributed by atoms with Crippen LogP contribution in [0.1, 0.15) is 30.8 Å². The molecule has 0 aromatic carbocycles. The number of amides is 1. The number of likely N-dealkylation sites (N-methyl/N-ethyl adjacent to an activating group) is 1. The summed E-state index contributed by atoms with van der Waals surface area (Å²) in [6.07, 6.45) is 4.76. The van der Waals surface area contributed by atoms with Gasteiger partial charge < -0.3 is 25.0 Å². The van der Waals surface area contributed by atoms with Crippen LogP contribution in [-0.2, 0) is 5.54 Å². The highest BCUT2D eigenvalue weighted by molar-refractivity contribution is 5.99. The maximum absolute atomic E-state index is 12.6. The minimum absolute atomic E-state index is 0.0382. The molecule has 5 heterocycles. The van der Waals surface area contributed by atoms with Crippen molar-refractivity contribution < 1.29 is 4.79 Å². The van der Waals surface area contributed by atoms with Gasteiger partial charge >= 0.3 is 0 Å². The highest BCUT2D eigenvalue weighted by atomic mass is 16.2. The number of hydrogen-bond donors (Lipinski definition) is 2. The Labute approximate surface area is 193 Å². The van der Waals surface area contributed by atoms with Gasteiger partial charge in [0.25, 0.3) is 5.91 Å². The lowest BCUT2D eigenvalue weighted by Gasteiger charge is -2.33. The van der Waals surface area contributed by atoms with Crippen molar-refractivity contribution in [3.05, 3.63) is 36.3 Å². The Morgan fingerprint density at radius 3 is 2.67 bits per heavy atom. The lowest BCUT2D eigenvalue weighted by molar-refractivity contribution is 0.0904. The molecule has 1 spiro atoms. The molecule has 1 amide bonds. The number of pyridine rings is 1. The van der Waals surface area contributed by atoms with Crippen LogP contribution in [0.15, 0.2) is 30.6 Å². The van der Waals surface area contributed by atoms with E-state index < -0.39 is 0 Å². The molecule has 3 aromatic rings. The quantitative estimate of drug-likeness (QED) is 0.636. The lowest BCUT2D eigenvalue weighted by Crippen LogP contribution is -2.45. The second-order valence-electron chi connectivity index (χ2n) is 10.00. The molecular weight excluding hydrogens is 416 g/mol. The first-order chi connectivity index (χ1) is 15.9. The molecule has 1 saturated carbocycles. The number of carbonyl (C=O) groups excluding carboxylic acids is 1. The number of aromatic nitrogens is 4. The first-order valence-electron chi connectivity index (χ1n) is 11.8. The van der Waals surface area contributed by atoms with E-state index >= 15 is 0 Å². The predicted molar refractivity (Wildman–Crippen MR) is 128 cm³/mol. The summed E-state index contributed by atoms with van der Waals surface area (Å²) in [6, 6.07) is 5.97. The summed E-state index contributed by atoms with van der Waals surface area (Å²) in [4.78, 5) is 31.2. The molecular formula is C24H30N8O.